The van der Waals surface area contributed by atoms with Gasteiger partial charge in [0.2, 0.25) is 5.88 Å². The summed E-state index contributed by atoms with van der Waals surface area (Å²) in [5, 5.41) is 0. The molecule has 0 amide bonds. The van der Waals surface area contributed by atoms with E-state index in [2.05, 4.69) is 25.7 Å². The number of nitrogen functional groups attached to an aromatic ring is 1. The van der Waals surface area contributed by atoms with E-state index in [-0.39, 0.29) is 23.0 Å². The number of nitrogens with zero attached hydrogens (tertiary/aromatic N) is 1. The van der Waals surface area contributed by atoms with Gasteiger partial charge in [0.15, 0.2) is 5.69 Å². The van der Waals surface area contributed by atoms with Crippen molar-refractivity contribution in [2.45, 2.75) is 0 Å². The summed E-state index contributed by atoms with van der Waals surface area (Å²) in [6, 6.07) is 6.82. The topological polar surface area (TPSA) is 74.4 Å². The van der Waals surface area contributed by atoms with Crippen molar-refractivity contribution in [2.75, 3.05) is 12.8 Å². The van der Waals surface area contributed by atoms with Crippen LogP contribution in [0.5, 0.6) is 11.6 Å². The highest BCUT2D eigenvalue weighted by Gasteiger charge is 2.13. The maximum Gasteiger partial charge on any atom is 0.356 e. The van der Waals surface area contributed by atoms with Gasteiger partial charge in [-0.3, -0.25) is 0 Å². The van der Waals surface area contributed by atoms with E-state index < -0.39 is 11.8 Å². The van der Waals surface area contributed by atoms with Crippen LogP contribution in [0.4, 0.5) is 10.1 Å². The molecule has 0 atom stereocenters. The Morgan fingerprint density at radius 1 is 1.35 bits per heavy atom. The largest absolute Gasteiger partial charge is 0.464 e. The number of hydrogen-bond donors (Lipinski definition) is 1. The summed E-state index contributed by atoms with van der Waals surface area (Å²) >= 11 is 3.22. The molecule has 0 aliphatic carbocycles. The first kappa shape index (κ1) is 14.3. The van der Waals surface area contributed by atoms with Crippen molar-refractivity contribution in [3.8, 4) is 11.6 Å². The molecule has 0 spiro atoms. The Kier molecular flexibility index (Phi) is 4.19. The summed E-state index contributed by atoms with van der Waals surface area (Å²) in [7, 11) is 1.24. The molecule has 104 valence electrons. The molecular weight excluding hydrogens is 331 g/mol. The molecule has 0 aliphatic rings. The van der Waals surface area contributed by atoms with Gasteiger partial charge in [-0.15, -0.1) is 0 Å². The number of carbonyl (C=O) groups excluding carboxylic acids is 1. The monoisotopic (exact) mass is 340 g/mol. The molecule has 20 heavy (non-hydrogen) atoms. The standard InChI is InChI=1S/C13H10BrFN2O3/c1-19-13(18)10-5-4-9(16)12(17-10)20-11-6-7(15)2-3-8(11)14/h2-6H,16H2,1H3. The highest BCUT2D eigenvalue weighted by atomic mass is 79.9. The van der Waals surface area contributed by atoms with E-state index in [1.165, 1.54) is 37.4 Å². The quantitative estimate of drug-likeness (QED) is 0.868. The maximum absolute atomic E-state index is 13.2. The molecule has 0 aliphatic heterocycles. The lowest BCUT2D eigenvalue weighted by Crippen LogP contribution is -2.06. The Morgan fingerprint density at radius 2 is 2.10 bits per heavy atom. The summed E-state index contributed by atoms with van der Waals surface area (Å²) in [4.78, 5) is 15.3. The second-order valence-electron chi connectivity index (χ2n) is 3.76. The zero-order chi connectivity index (χ0) is 14.7. The molecule has 5 nitrogen and oxygen atoms in total. The number of carbonyl (C=O) groups is 1. The third kappa shape index (κ3) is 3.05. The second-order valence-corrected chi connectivity index (χ2v) is 4.61. The zero-order valence-corrected chi connectivity index (χ0v) is 12.0. The van der Waals surface area contributed by atoms with Crippen LogP contribution in [0.3, 0.4) is 0 Å². The Hall–Kier alpha value is -2.15. The highest BCUT2D eigenvalue weighted by Crippen LogP contribution is 2.32. The Labute approximate surface area is 122 Å². The molecule has 0 bridgehead atoms. The van der Waals surface area contributed by atoms with Crippen LogP contribution in [-0.2, 0) is 4.74 Å². The zero-order valence-electron chi connectivity index (χ0n) is 10.4. The first-order valence-electron chi connectivity index (χ1n) is 5.49. The summed E-state index contributed by atoms with van der Waals surface area (Å²) in [6.45, 7) is 0. The minimum atomic E-state index is -0.617. The number of aromatic nitrogens is 1. The Morgan fingerprint density at radius 3 is 2.80 bits per heavy atom. The number of pyridine rings is 1. The minimum Gasteiger partial charge on any atom is -0.464 e. The molecule has 0 saturated carbocycles. The van der Waals surface area contributed by atoms with Gasteiger partial charge < -0.3 is 15.2 Å². The number of hydrogen-bond acceptors (Lipinski definition) is 5. The minimum absolute atomic E-state index is 0.000741. The van der Waals surface area contributed by atoms with Crippen LogP contribution in [0.2, 0.25) is 0 Å². The van der Waals surface area contributed by atoms with Crippen molar-refractivity contribution in [3.05, 3.63) is 46.3 Å². The van der Waals surface area contributed by atoms with Gasteiger partial charge in [0.1, 0.15) is 11.6 Å². The van der Waals surface area contributed by atoms with Crippen LogP contribution in [0.15, 0.2) is 34.8 Å². The van der Waals surface area contributed by atoms with E-state index in [0.29, 0.717) is 4.47 Å². The molecule has 2 rings (SSSR count). The number of methoxy groups -OCH3 is 1. The normalized spacial score (nSPS) is 10.2. The fourth-order valence-corrected chi connectivity index (χ4v) is 1.74. The number of nitrogens with two attached hydrogens (primary N) is 1. The van der Waals surface area contributed by atoms with E-state index in [9.17, 15) is 9.18 Å². The molecule has 2 N–H and O–H groups in total. The maximum atomic E-state index is 13.2. The molecule has 1 aromatic carbocycles. The predicted molar refractivity (Wildman–Crippen MR) is 74.2 cm³/mol. The molecular formula is C13H10BrFN2O3. The van der Waals surface area contributed by atoms with E-state index in [1.807, 2.05) is 0 Å². The molecule has 0 unspecified atom stereocenters. The van der Waals surface area contributed by atoms with Gasteiger partial charge in [-0.1, -0.05) is 0 Å². The fraction of sp³-hybridized carbons (Fsp3) is 0.0769. The van der Waals surface area contributed by atoms with Crippen LogP contribution >= 0.6 is 15.9 Å². The molecule has 7 heteroatoms. The molecule has 0 fully saturated rings. The lowest BCUT2D eigenvalue weighted by atomic mass is 10.3. The van der Waals surface area contributed by atoms with E-state index >= 15 is 0 Å². The third-order valence-electron chi connectivity index (χ3n) is 2.38. The first-order chi connectivity index (χ1) is 9.51. The van der Waals surface area contributed by atoms with Crippen molar-refractivity contribution in [1.29, 1.82) is 0 Å². The first-order valence-corrected chi connectivity index (χ1v) is 6.28. The lowest BCUT2D eigenvalue weighted by molar-refractivity contribution is 0.0593. The van der Waals surface area contributed by atoms with Gasteiger partial charge >= 0.3 is 5.97 Å². The molecule has 0 saturated heterocycles. The molecule has 1 heterocycles. The fourth-order valence-electron chi connectivity index (χ4n) is 1.41. The van der Waals surface area contributed by atoms with Gasteiger partial charge in [-0.2, -0.15) is 0 Å². The second kappa shape index (κ2) is 5.87. The van der Waals surface area contributed by atoms with Crippen LogP contribution in [0.25, 0.3) is 0 Å². The van der Waals surface area contributed by atoms with E-state index in [4.69, 9.17) is 10.5 Å². The Balaban J connectivity index is 2.37. The predicted octanol–water partition coefficient (Wildman–Crippen LogP) is 3.14. The average molecular weight is 341 g/mol. The number of rotatable bonds is 3. The summed E-state index contributed by atoms with van der Waals surface area (Å²) in [5.41, 5.74) is 5.98. The van der Waals surface area contributed by atoms with E-state index in [1.54, 1.807) is 0 Å². The van der Waals surface area contributed by atoms with Gasteiger partial charge in [0.05, 0.1) is 17.3 Å². The number of anilines is 1. The number of benzene rings is 1. The van der Waals surface area contributed by atoms with Crippen LogP contribution < -0.4 is 10.5 Å². The van der Waals surface area contributed by atoms with Crippen LogP contribution in [-0.4, -0.2) is 18.1 Å². The SMILES string of the molecule is COC(=O)c1ccc(N)c(Oc2cc(F)ccc2Br)n1. The smallest absolute Gasteiger partial charge is 0.356 e. The van der Waals surface area contributed by atoms with Crippen molar-refractivity contribution >= 4 is 27.6 Å². The molecule has 1 aromatic heterocycles. The van der Waals surface area contributed by atoms with Crippen molar-refractivity contribution in [1.82, 2.24) is 4.98 Å². The number of esters is 1. The van der Waals surface area contributed by atoms with Gasteiger partial charge in [0, 0.05) is 6.07 Å². The number of halogens is 2. The van der Waals surface area contributed by atoms with Crippen LogP contribution in [0.1, 0.15) is 10.5 Å². The highest BCUT2D eigenvalue weighted by molar-refractivity contribution is 9.10. The van der Waals surface area contributed by atoms with Crippen molar-refractivity contribution < 1.29 is 18.7 Å². The average Bonchev–Trinajstić information content (AvgIpc) is 2.44. The van der Waals surface area contributed by atoms with Gasteiger partial charge in [-0.05, 0) is 40.2 Å². The summed E-state index contributed by atoms with van der Waals surface area (Å²) in [6.07, 6.45) is 0. The van der Waals surface area contributed by atoms with Gasteiger partial charge in [-0.25, -0.2) is 14.2 Å². The van der Waals surface area contributed by atoms with Crippen molar-refractivity contribution in [2.24, 2.45) is 0 Å². The number of ether oxygens (including phenoxy) is 2. The molecule has 2 aromatic rings. The Bertz CT molecular complexity index is 664. The van der Waals surface area contributed by atoms with Crippen LogP contribution in [0, 0.1) is 5.82 Å². The summed E-state index contributed by atoms with van der Waals surface area (Å²) in [5.74, 6) is -0.885. The van der Waals surface area contributed by atoms with E-state index in [0.717, 1.165) is 0 Å². The lowest BCUT2D eigenvalue weighted by Gasteiger charge is -2.10. The molecule has 0 radical (unpaired) electrons. The van der Waals surface area contributed by atoms with Crippen molar-refractivity contribution in [3.63, 3.8) is 0 Å². The third-order valence-corrected chi connectivity index (χ3v) is 3.04. The summed E-state index contributed by atoms with van der Waals surface area (Å²) < 4.78 is 23.7. The van der Waals surface area contributed by atoms with Gasteiger partial charge in [0.25, 0.3) is 0 Å².